The number of rotatable bonds is 2. The second-order valence-electron chi connectivity index (χ2n) is 4.42. The summed E-state index contributed by atoms with van der Waals surface area (Å²) in [6, 6.07) is 8.18. The molecule has 0 amide bonds. The summed E-state index contributed by atoms with van der Waals surface area (Å²) in [4.78, 5) is 0. The Morgan fingerprint density at radius 3 is 2.61 bits per heavy atom. The predicted molar refractivity (Wildman–Crippen MR) is 70.9 cm³/mol. The maximum atomic E-state index is 5.69. The van der Waals surface area contributed by atoms with Gasteiger partial charge in [0.1, 0.15) is 5.75 Å². The van der Waals surface area contributed by atoms with Crippen molar-refractivity contribution >= 4 is 10.8 Å². The molecule has 0 spiro atoms. The molecule has 0 radical (unpaired) electrons. The molecule has 1 aliphatic heterocycles. The number of fused-ring (bicyclic) bond motifs is 3. The quantitative estimate of drug-likeness (QED) is 0.812. The fraction of sp³-hybridized carbons (Fsp3) is 0.333. The Kier molecular flexibility index (Phi) is 2.74. The van der Waals surface area contributed by atoms with E-state index in [-0.39, 0.29) is 0 Å². The molecule has 1 aliphatic rings. The summed E-state index contributed by atoms with van der Waals surface area (Å²) < 4.78 is 16.4. The first-order valence-electron chi connectivity index (χ1n) is 6.14. The Labute approximate surface area is 106 Å². The van der Waals surface area contributed by atoms with E-state index >= 15 is 0 Å². The number of ether oxygens (including phenoxy) is 3. The van der Waals surface area contributed by atoms with Crippen LogP contribution in [0.25, 0.3) is 10.8 Å². The van der Waals surface area contributed by atoms with E-state index in [1.54, 1.807) is 14.2 Å². The van der Waals surface area contributed by atoms with Gasteiger partial charge in [-0.3, -0.25) is 0 Å². The van der Waals surface area contributed by atoms with E-state index in [9.17, 15) is 0 Å². The number of aryl methyl sites for hydroxylation is 1. The van der Waals surface area contributed by atoms with Gasteiger partial charge in [-0.1, -0.05) is 6.07 Å². The average molecular weight is 244 g/mol. The highest BCUT2D eigenvalue weighted by Crippen LogP contribution is 2.38. The van der Waals surface area contributed by atoms with Crippen molar-refractivity contribution < 1.29 is 14.2 Å². The fourth-order valence-corrected chi connectivity index (χ4v) is 2.52. The maximum Gasteiger partial charge on any atom is 0.161 e. The van der Waals surface area contributed by atoms with Gasteiger partial charge < -0.3 is 14.2 Å². The number of hydrogen-bond acceptors (Lipinski definition) is 3. The van der Waals surface area contributed by atoms with Gasteiger partial charge in [-0.25, -0.2) is 0 Å². The van der Waals surface area contributed by atoms with Crippen LogP contribution in [-0.2, 0) is 6.42 Å². The van der Waals surface area contributed by atoms with Crippen LogP contribution in [0.5, 0.6) is 17.2 Å². The van der Waals surface area contributed by atoms with Crippen molar-refractivity contribution in [2.75, 3.05) is 20.8 Å². The minimum atomic E-state index is 0.765. The fourth-order valence-electron chi connectivity index (χ4n) is 2.52. The molecule has 0 bridgehead atoms. The van der Waals surface area contributed by atoms with Crippen LogP contribution in [0.2, 0.25) is 0 Å². The summed E-state index contributed by atoms with van der Waals surface area (Å²) in [5, 5.41) is 2.36. The van der Waals surface area contributed by atoms with Crippen molar-refractivity contribution in [2.45, 2.75) is 12.8 Å². The molecule has 3 rings (SSSR count). The lowest BCUT2D eigenvalue weighted by atomic mass is 9.98. The molecule has 0 N–H and O–H groups in total. The zero-order valence-corrected chi connectivity index (χ0v) is 10.7. The molecule has 0 unspecified atom stereocenters. The molecule has 3 nitrogen and oxygen atoms in total. The van der Waals surface area contributed by atoms with Crippen LogP contribution in [-0.4, -0.2) is 20.8 Å². The molecule has 3 heteroatoms. The van der Waals surface area contributed by atoms with Gasteiger partial charge in [0, 0.05) is 5.56 Å². The lowest BCUT2D eigenvalue weighted by Crippen LogP contribution is -2.08. The first kappa shape index (κ1) is 11.2. The van der Waals surface area contributed by atoms with E-state index in [1.165, 1.54) is 10.9 Å². The largest absolute Gasteiger partial charge is 0.493 e. The minimum Gasteiger partial charge on any atom is -0.493 e. The van der Waals surface area contributed by atoms with Gasteiger partial charge in [0.2, 0.25) is 0 Å². The Bertz CT molecular complexity index is 590. The third-order valence-corrected chi connectivity index (χ3v) is 3.42. The van der Waals surface area contributed by atoms with Gasteiger partial charge in [-0.15, -0.1) is 0 Å². The molecule has 0 saturated heterocycles. The molecule has 2 aromatic rings. The van der Waals surface area contributed by atoms with E-state index in [2.05, 4.69) is 6.07 Å². The van der Waals surface area contributed by atoms with Crippen molar-refractivity contribution in [1.29, 1.82) is 0 Å². The monoisotopic (exact) mass is 244 g/mol. The lowest BCUT2D eigenvalue weighted by molar-refractivity contribution is 0.289. The first-order valence-corrected chi connectivity index (χ1v) is 6.14. The molecule has 1 heterocycles. The number of methoxy groups -OCH3 is 2. The molecule has 2 aromatic carbocycles. The molecule has 94 valence electrons. The second kappa shape index (κ2) is 4.41. The van der Waals surface area contributed by atoms with Gasteiger partial charge in [0.05, 0.1) is 20.8 Å². The number of hydrogen-bond donors (Lipinski definition) is 0. The van der Waals surface area contributed by atoms with Gasteiger partial charge in [0.15, 0.2) is 11.5 Å². The maximum absolute atomic E-state index is 5.69. The smallest absolute Gasteiger partial charge is 0.161 e. The van der Waals surface area contributed by atoms with E-state index in [0.717, 1.165) is 42.1 Å². The highest BCUT2D eigenvalue weighted by molar-refractivity contribution is 5.91. The van der Waals surface area contributed by atoms with Gasteiger partial charge >= 0.3 is 0 Å². The SMILES string of the molecule is COc1cc2ccc3c(c2cc1OC)CCCO3. The Hall–Kier alpha value is -1.90. The summed E-state index contributed by atoms with van der Waals surface area (Å²) in [6.07, 6.45) is 2.13. The van der Waals surface area contributed by atoms with E-state index in [0.29, 0.717) is 0 Å². The normalized spacial score (nSPS) is 13.9. The average Bonchev–Trinajstić information content (AvgIpc) is 2.45. The molecule has 18 heavy (non-hydrogen) atoms. The van der Waals surface area contributed by atoms with E-state index < -0.39 is 0 Å². The van der Waals surface area contributed by atoms with Crippen molar-refractivity contribution in [2.24, 2.45) is 0 Å². The van der Waals surface area contributed by atoms with Crippen LogP contribution in [0.1, 0.15) is 12.0 Å². The predicted octanol–water partition coefficient (Wildman–Crippen LogP) is 3.18. The van der Waals surface area contributed by atoms with Crippen LogP contribution in [0.3, 0.4) is 0 Å². The highest BCUT2D eigenvalue weighted by Gasteiger charge is 2.15. The van der Waals surface area contributed by atoms with Crippen molar-refractivity contribution in [3.05, 3.63) is 29.8 Å². The third-order valence-electron chi connectivity index (χ3n) is 3.42. The zero-order valence-electron chi connectivity index (χ0n) is 10.7. The molecular weight excluding hydrogens is 228 g/mol. The van der Waals surface area contributed by atoms with E-state index in [4.69, 9.17) is 14.2 Å². The second-order valence-corrected chi connectivity index (χ2v) is 4.42. The summed E-state index contributed by atoms with van der Waals surface area (Å²) >= 11 is 0. The topological polar surface area (TPSA) is 27.7 Å². The molecule has 0 fully saturated rings. The van der Waals surface area contributed by atoms with Crippen LogP contribution in [0.4, 0.5) is 0 Å². The summed E-state index contributed by atoms with van der Waals surface area (Å²) in [7, 11) is 3.32. The minimum absolute atomic E-state index is 0.765. The van der Waals surface area contributed by atoms with Gasteiger partial charge in [-0.2, -0.15) is 0 Å². The van der Waals surface area contributed by atoms with E-state index in [1.807, 2.05) is 18.2 Å². The highest BCUT2D eigenvalue weighted by atomic mass is 16.5. The summed E-state index contributed by atoms with van der Waals surface area (Å²) in [6.45, 7) is 0.811. The van der Waals surface area contributed by atoms with Crippen molar-refractivity contribution in [3.63, 3.8) is 0 Å². The summed E-state index contributed by atoms with van der Waals surface area (Å²) in [5.74, 6) is 2.53. The van der Waals surface area contributed by atoms with Crippen LogP contribution >= 0.6 is 0 Å². The van der Waals surface area contributed by atoms with Crippen LogP contribution < -0.4 is 14.2 Å². The van der Waals surface area contributed by atoms with Crippen LogP contribution in [0.15, 0.2) is 24.3 Å². The molecule has 0 aromatic heterocycles. The standard InChI is InChI=1S/C15H16O3/c1-16-14-8-10-5-6-13-11(4-3-7-18-13)12(10)9-15(14)17-2/h5-6,8-9H,3-4,7H2,1-2H3. The lowest BCUT2D eigenvalue weighted by Gasteiger charge is -2.20. The number of benzene rings is 2. The summed E-state index contributed by atoms with van der Waals surface area (Å²) in [5.41, 5.74) is 1.28. The Balaban J connectivity index is 2.27. The molecule has 0 atom stereocenters. The zero-order chi connectivity index (χ0) is 12.5. The van der Waals surface area contributed by atoms with Gasteiger partial charge in [-0.05, 0) is 41.8 Å². The molecular formula is C15H16O3. The third kappa shape index (κ3) is 1.67. The van der Waals surface area contributed by atoms with Crippen molar-refractivity contribution in [3.8, 4) is 17.2 Å². The Morgan fingerprint density at radius 1 is 1.06 bits per heavy atom. The molecule has 0 aliphatic carbocycles. The van der Waals surface area contributed by atoms with Gasteiger partial charge in [0.25, 0.3) is 0 Å². The molecule has 0 saturated carbocycles. The Morgan fingerprint density at radius 2 is 1.83 bits per heavy atom. The first-order chi connectivity index (χ1) is 8.83. The van der Waals surface area contributed by atoms with Crippen LogP contribution in [0, 0.1) is 0 Å². The van der Waals surface area contributed by atoms with Crippen molar-refractivity contribution in [1.82, 2.24) is 0 Å².